The third-order valence-electron chi connectivity index (χ3n) is 5.17. The Morgan fingerprint density at radius 1 is 1.12 bits per heavy atom. The second-order valence-corrected chi connectivity index (χ2v) is 7.46. The molecule has 6 heteroatoms. The average Bonchev–Trinajstić information content (AvgIpc) is 2.60. The first-order chi connectivity index (χ1) is 12.4. The van der Waals surface area contributed by atoms with Gasteiger partial charge in [0.1, 0.15) is 5.82 Å². The van der Waals surface area contributed by atoms with E-state index in [1.807, 2.05) is 18.7 Å². The van der Waals surface area contributed by atoms with Gasteiger partial charge in [-0.05, 0) is 44.4 Å². The zero-order valence-electron chi connectivity index (χ0n) is 15.5. The minimum absolute atomic E-state index is 0.00452. The van der Waals surface area contributed by atoms with Crippen LogP contribution in [0.2, 0.25) is 0 Å². The van der Waals surface area contributed by atoms with Gasteiger partial charge in [-0.1, -0.05) is 12.1 Å². The van der Waals surface area contributed by atoms with E-state index in [0.29, 0.717) is 44.6 Å². The monoisotopic (exact) mass is 362 g/mol. The molecule has 0 bridgehead atoms. The Morgan fingerprint density at radius 2 is 1.77 bits per heavy atom. The smallest absolute Gasteiger partial charge is 0.226 e. The predicted molar refractivity (Wildman–Crippen MR) is 96.0 cm³/mol. The van der Waals surface area contributed by atoms with Crippen LogP contribution in [0.15, 0.2) is 24.3 Å². The Bertz CT molecular complexity index is 648. The molecule has 26 heavy (non-hydrogen) atoms. The van der Waals surface area contributed by atoms with Crippen molar-refractivity contribution < 1.29 is 18.7 Å². The summed E-state index contributed by atoms with van der Waals surface area (Å²) in [7, 11) is 0. The van der Waals surface area contributed by atoms with Gasteiger partial charge in [0.25, 0.3) is 0 Å². The standard InChI is InChI=1S/C20H27FN2O3/c1-14-12-23(13-15(2)26-14)20(25)17-6-8-22(9-7-17)19(24)11-16-4-3-5-18(21)10-16/h3-5,10,14-15,17H,6-9,11-13H2,1-2H3/t14-,15-/m1/s1. The van der Waals surface area contributed by atoms with Gasteiger partial charge < -0.3 is 14.5 Å². The zero-order valence-corrected chi connectivity index (χ0v) is 15.5. The molecule has 3 rings (SSSR count). The fraction of sp³-hybridized carbons (Fsp3) is 0.600. The Hall–Kier alpha value is -1.95. The maximum Gasteiger partial charge on any atom is 0.226 e. The van der Waals surface area contributed by atoms with Crippen molar-refractivity contribution in [1.29, 1.82) is 0 Å². The molecular formula is C20H27FN2O3. The second kappa shape index (κ2) is 8.16. The molecule has 0 aliphatic carbocycles. The lowest BCUT2D eigenvalue weighted by Crippen LogP contribution is -2.51. The van der Waals surface area contributed by atoms with E-state index < -0.39 is 0 Å². The first kappa shape index (κ1) is 18.8. The number of hydrogen-bond donors (Lipinski definition) is 0. The second-order valence-electron chi connectivity index (χ2n) is 7.46. The van der Waals surface area contributed by atoms with Crippen molar-refractivity contribution in [3.63, 3.8) is 0 Å². The molecule has 0 aromatic heterocycles. The summed E-state index contributed by atoms with van der Waals surface area (Å²) in [5.74, 6) is -0.168. The lowest BCUT2D eigenvalue weighted by atomic mass is 9.94. The van der Waals surface area contributed by atoms with Gasteiger partial charge in [0.2, 0.25) is 11.8 Å². The average molecular weight is 362 g/mol. The number of morpholine rings is 1. The van der Waals surface area contributed by atoms with Crippen LogP contribution in [0.3, 0.4) is 0 Å². The van der Waals surface area contributed by atoms with Crippen molar-refractivity contribution >= 4 is 11.8 Å². The van der Waals surface area contributed by atoms with Gasteiger partial charge in [0.05, 0.1) is 18.6 Å². The molecule has 142 valence electrons. The van der Waals surface area contributed by atoms with Crippen molar-refractivity contribution in [3.05, 3.63) is 35.6 Å². The first-order valence-corrected chi connectivity index (χ1v) is 9.39. The van der Waals surface area contributed by atoms with Crippen LogP contribution in [0.1, 0.15) is 32.3 Å². The lowest BCUT2D eigenvalue weighted by molar-refractivity contribution is -0.150. The highest BCUT2D eigenvalue weighted by Gasteiger charge is 2.33. The third kappa shape index (κ3) is 4.61. The Labute approximate surface area is 154 Å². The highest BCUT2D eigenvalue weighted by atomic mass is 19.1. The maximum atomic E-state index is 13.3. The molecule has 2 heterocycles. The number of likely N-dealkylation sites (tertiary alicyclic amines) is 1. The molecule has 2 amide bonds. The molecule has 0 saturated carbocycles. The largest absolute Gasteiger partial charge is 0.372 e. The summed E-state index contributed by atoms with van der Waals surface area (Å²) < 4.78 is 18.9. The van der Waals surface area contributed by atoms with Crippen molar-refractivity contribution in [3.8, 4) is 0 Å². The van der Waals surface area contributed by atoms with Gasteiger partial charge in [-0.2, -0.15) is 0 Å². The molecule has 2 aliphatic heterocycles. The van der Waals surface area contributed by atoms with Gasteiger partial charge in [-0.25, -0.2) is 4.39 Å². The van der Waals surface area contributed by atoms with Gasteiger partial charge in [-0.3, -0.25) is 9.59 Å². The predicted octanol–water partition coefficient (Wildman–Crippen LogP) is 2.24. The SMILES string of the molecule is C[C@@H]1CN(C(=O)C2CCN(C(=O)Cc3cccc(F)c3)CC2)C[C@@H](C)O1. The maximum absolute atomic E-state index is 13.3. The molecule has 0 radical (unpaired) electrons. The van der Waals surface area contributed by atoms with Crippen LogP contribution in [0, 0.1) is 11.7 Å². The van der Waals surface area contributed by atoms with E-state index >= 15 is 0 Å². The summed E-state index contributed by atoms with van der Waals surface area (Å²) in [5.41, 5.74) is 0.685. The topological polar surface area (TPSA) is 49.9 Å². The summed E-state index contributed by atoms with van der Waals surface area (Å²) in [6.45, 7) is 6.43. The van der Waals surface area contributed by atoms with Crippen LogP contribution in [0.5, 0.6) is 0 Å². The first-order valence-electron chi connectivity index (χ1n) is 9.39. The molecule has 1 aromatic rings. The van der Waals surface area contributed by atoms with E-state index in [2.05, 4.69) is 0 Å². The van der Waals surface area contributed by atoms with E-state index in [0.717, 1.165) is 0 Å². The Kier molecular flexibility index (Phi) is 5.91. The van der Waals surface area contributed by atoms with Gasteiger partial charge in [-0.15, -0.1) is 0 Å². The number of carbonyl (C=O) groups is 2. The molecule has 5 nitrogen and oxygen atoms in total. The van der Waals surface area contributed by atoms with Gasteiger partial charge >= 0.3 is 0 Å². The number of hydrogen-bond acceptors (Lipinski definition) is 3. The van der Waals surface area contributed by atoms with Crippen molar-refractivity contribution in [1.82, 2.24) is 9.80 Å². The molecule has 2 aliphatic rings. The van der Waals surface area contributed by atoms with Crippen molar-refractivity contribution in [2.24, 2.45) is 5.92 Å². The highest BCUT2D eigenvalue weighted by molar-refractivity contribution is 5.81. The van der Waals surface area contributed by atoms with Gasteiger partial charge in [0, 0.05) is 32.1 Å². The van der Waals surface area contributed by atoms with Crippen LogP contribution < -0.4 is 0 Å². The summed E-state index contributed by atoms with van der Waals surface area (Å²) >= 11 is 0. The summed E-state index contributed by atoms with van der Waals surface area (Å²) in [6.07, 6.45) is 1.71. The third-order valence-corrected chi connectivity index (χ3v) is 5.17. The number of amides is 2. The highest BCUT2D eigenvalue weighted by Crippen LogP contribution is 2.23. The van der Waals surface area contributed by atoms with Crippen LogP contribution in [0.4, 0.5) is 4.39 Å². The van der Waals surface area contributed by atoms with Crippen molar-refractivity contribution in [2.75, 3.05) is 26.2 Å². The summed E-state index contributed by atoms with van der Waals surface area (Å²) in [6, 6.07) is 6.15. The Morgan fingerprint density at radius 3 is 2.38 bits per heavy atom. The number of benzene rings is 1. The fourth-order valence-electron chi connectivity index (χ4n) is 3.93. The van der Waals surface area contributed by atoms with Crippen LogP contribution >= 0.6 is 0 Å². The fourth-order valence-corrected chi connectivity index (χ4v) is 3.93. The van der Waals surface area contributed by atoms with Gasteiger partial charge in [0.15, 0.2) is 0 Å². The van der Waals surface area contributed by atoms with E-state index in [4.69, 9.17) is 4.74 Å². The minimum atomic E-state index is -0.325. The normalized spacial score (nSPS) is 24.6. The number of ether oxygens (including phenoxy) is 1. The Balaban J connectivity index is 1.50. The van der Waals surface area contributed by atoms with Crippen LogP contribution in [-0.4, -0.2) is 60.0 Å². The van der Waals surface area contributed by atoms with E-state index in [-0.39, 0.29) is 42.2 Å². The quantitative estimate of drug-likeness (QED) is 0.829. The molecule has 1 aromatic carbocycles. The summed E-state index contributed by atoms with van der Waals surface area (Å²) in [5, 5.41) is 0. The van der Waals surface area contributed by atoms with E-state index in [9.17, 15) is 14.0 Å². The number of nitrogens with zero attached hydrogens (tertiary/aromatic N) is 2. The molecule has 0 spiro atoms. The zero-order chi connectivity index (χ0) is 18.7. The summed E-state index contributed by atoms with van der Waals surface area (Å²) in [4.78, 5) is 28.9. The number of halogens is 1. The molecule has 2 fully saturated rings. The molecule has 0 N–H and O–H groups in total. The lowest BCUT2D eigenvalue weighted by Gasteiger charge is -2.39. The molecule has 2 atom stereocenters. The molecular weight excluding hydrogens is 335 g/mol. The number of piperidine rings is 1. The molecule has 0 unspecified atom stereocenters. The van der Waals surface area contributed by atoms with Crippen LogP contribution in [-0.2, 0) is 20.7 Å². The minimum Gasteiger partial charge on any atom is -0.372 e. The molecule has 2 saturated heterocycles. The van der Waals surface area contributed by atoms with E-state index in [1.54, 1.807) is 17.0 Å². The van der Waals surface area contributed by atoms with E-state index in [1.165, 1.54) is 12.1 Å². The van der Waals surface area contributed by atoms with Crippen molar-refractivity contribution in [2.45, 2.75) is 45.3 Å². The van der Waals surface area contributed by atoms with Crippen LogP contribution in [0.25, 0.3) is 0 Å². The number of carbonyl (C=O) groups excluding carboxylic acids is 2. The number of rotatable bonds is 3.